The molecule has 8 nitrogen and oxygen atoms in total. The van der Waals surface area contributed by atoms with Crippen LogP contribution in [0.4, 0.5) is 0 Å². The fourth-order valence-electron chi connectivity index (χ4n) is 4.45. The number of quaternary nitrogens is 1. The number of allylic oxidation sites excluding steroid dienone is 2. The van der Waals surface area contributed by atoms with Gasteiger partial charge < -0.3 is 10.2 Å². The molecule has 1 rings (SSSR count). The second kappa shape index (κ2) is 16.5. The van der Waals surface area contributed by atoms with Gasteiger partial charge in [0.15, 0.2) is 0 Å². The molecule has 0 radical (unpaired) electrons. The average Bonchev–Trinajstić information content (AvgIpc) is 3.13. The lowest BCUT2D eigenvalue weighted by Crippen LogP contribution is -2.59. The molecule has 0 aromatic carbocycles. The van der Waals surface area contributed by atoms with Crippen molar-refractivity contribution in [3.05, 3.63) is 12.2 Å². The number of aliphatic hydroxyl groups is 2. The van der Waals surface area contributed by atoms with Gasteiger partial charge in [-0.3, -0.25) is 13.8 Å². The van der Waals surface area contributed by atoms with Gasteiger partial charge in [-0.15, -0.1) is 0 Å². The summed E-state index contributed by atoms with van der Waals surface area (Å²) in [5.74, 6) is -0.620. The van der Waals surface area contributed by atoms with E-state index in [9.17, 15) is 23.4 Å². The maximum atomic E-state index is 12.8. The van der Waals surface area contributed by atoms with Crippen molar-refractivity contribution >= 4 is 21.7 Å². The van der Waals surface area contributed by atoms with E-state index in [-0.39, 0.29) is 30.0 Å². The molecule has 0 aromatic rings. The Balaban J connectivity index is 2.35. The highest BCUT2D eigenvalue weighted by molar-refractivity contribution is 7.85. The van der Waals surface area contributed by atoms with Crippen LogP contribution in [-0.2, 0) is 14.9 Å². The van der Waals surface area contributed by atoms with Crippen molar-refractivity contribution in [3.8, 4) is 0 Å². The summed E-state index contributed by atoms with van der Waals surface area (Å²) in [5, 5.41) is 19.6. The highest BCUT2D eigenvalue weighted by atomic mass is 32.2. The molecule has 192 valence electrons. The van der Waals surface area contributed by atoms with E-state index in [0.717, 1.165) is 25.7 Å². The molecule has 0 saturated carbocycles. The van der Waals surface area contributed by atoms with Crippen LogP contribution >= 0.6 is 0 Å². The maximum Gasteiger partial charge on any atom is 0.267 e. The molecule has 1 aliphatic rings. The lowest BCUT2D eigenvalue weighted by molar-refractivity contribution is -0.837. The average molecular weight is 490 g/mol. The monoisotopic (exact) mass is 489 g/mol. The van der Waals surface area contributed by atoms with Crippen LogP contribution in [0.2, 0.25) is 0 Å². The zero-order valence-corrected chi connectivity index (χ0v) is 21.1. The first-order valence-electron chi connectivity index (χ1n) is 12.6. The van der Waals surface area contributed by atoms with E-state index >= 15 is 0 Å². The van der Waals surface area contributed by atoms with Gasteiger partial charge in [-0.1, -0.05) is 57.6 Å². The summed E-state index contributed by atoms with van der Waals surface area (Å²) in [4.78, 5) is 17.1. The number of amidine groups is 1. The largest absolute Gasteiger partial charge is 0.390 e. The predicted molar refractivity (Wildman–Crippen MR) is 132 cm³/mol. The van der Waals surface area contributed by atoms with Crippen molar-refractivity contribution in [2.24, 2.45) is 4.99 Å². The smallest absolute Gasteiger partial charge is 0.267 e. The number of carbonyl (C=O) groups excluding carboxylic acids is 1. The van der Waals surface area contributed by atoms with Crippen LogP contribution < -0.4 is 0 Å². The molecule has 9 heteroatoms. The van der Waals surface area contributed by atoms with Crippen molar-refractivity contribution in [2.45, 2.75) is 90.1 Å². The second-order valence-electron chi connectivity index (χ2n) is 9.16. The Hall–Kier alpha value is -1.13. The standard InChI is InChI=1S/C24H44N2O6S/c1-2-3-4-5-6-7-8-9-10-11-12-13-14-15-23(29)24-25-16-17-26(24,18-19-27)20-22(28)21-33(30,31)32/h10-11,22,27-28H,2-9,12-21H2,1H3/p+1/b11-10+. The molecule has 3 N–H and O–H groups in total. The van der Waals surface area contributed by atoms with E-state index in [1.54, 1.807) is 0 Å². The predicted octanol–water partition coefficient (Wildman–Crippen LogP) is 3.28. The molecule has 0 amide bonds. The number of Topliss-reactive ketones (excluding diaryl/α,β-unsaturated/α-hetero) is 1. The first-order chi connectivity index (χ1) is 15.7. The number of nitrogens with zero attached hydrogens (tertiary/aromatic N) is 2. The van der Waals surface area contributed by atoms with Crippen molar-refractivity contribution in [2.75, 3.05) is 38.5 Å². The van der Waals surface area contributed by atoms with E-state index < -0.39 is 22.0 Å². The Labute approximate surface area is 200 Å². The maximum absolute atomic E-state index is 12.8. The molecule has 1 heterocycles. The van der Waals surface area contributed by atoms with Gasteiger partial charge in [0.25, 0.3) is 16.0 Å². The number of aliphatic hydroxyl groups excluding tert-OH is 2. The molecule has 2 atom stereocenters. The quantitative estimate of drug-likeness (QED) is 0.104. The van der Waals surface area contributed by atoms with Gasteiger partial charge >= 0.3 is 0 Å². The molecule has 0 saturated heterocycles. The number of rotatable bonds is 20. The fourth-order valence-corrected chi connectivity index (χ4v) is 5.04. The van der Waals surface area contributed by atoms with E-state index in [2.05, 4.69) is 24.1 Å². The van der Waals surface area contributed by atoms with Crippen LogP contribution in [0.5, 0.6) is 0 Å². The summed E-state index contributed by atoms with van der Waals surface area (Å²) in [6.45, 7) is 2.93. The van der Waals surface area contributed by atoms with Gasteiger partial charge in [-0.25, -0.2) is 4.99 Å². The van der Waals surface area contributed by atoms with Crippen molar-refractivity contribution in [1.29, 1.82) is 0 Å². The van der Waals surface area contributed by atoms with E-state index in [1.165, 1.54) is 44.9 Å². The molecule has 1 aliphatic heterocycles. The third-order valence-electron chi connectivity index (χ3n) is 6.15. The summed E-state index contributed by atoms with van der Waals surface area (Å²) >= 11 is 0. The van der Waals surface area contributed by atoms with Crippen LogP contribution in [0.15, 0.2) is 17.1 Å². The fraction of sp³-hybridized carbons (Fsp3) is 0.833. The number of carbonyl (C=O) groups is 1. The minimum Gasteiger partial charge on any atom is -0.390 e. The van der Waals surface area contributed by atoms with Gasteiger partial charge in [0.1, 0.15) is 31.5 Å². The van der Waals surface area contributed by atoms with E-state index in [1.807, 2.05) is 0 Å². The van der Waals surface area contributed by atoms with Crippen LogP contribution in [0.25, 0.3) is 0 Å². The van der Waals surface area contributed by atoms with Gasteiger partial charge in [0.2, 0.25) is 5.78 Å². The molecule has 0 aromatic heterocycles. The zero-order chi connectivity index (χ0) is 24.6. The summed E-state index contributed by atoms with van der Waals surface area (Å²) in [7, 11) is -4.33. The van der Waals surface area contributed by atoms with Crippen molar-refractivity contribution < 1.29 is 32.5 Å². The Morgan fingerprint density at radius 3 is 2.27 bits per heavy atom. The summed E-state index contributed by atoms with van der Waals surface area (Å²) in [6.07, 6.45) is 16.2. The third kappa shape index (κ3) is 12.8. The van der Waals surface area contributed by atoms with Gasteiger partial charge in [0, 0.05) is 6.42 Å². The zero-order valence-electron chi connectivity index (χ0n) is 20.3. The number of hydrogen-bond acceptors (Lipinski definition) is 6. The minimum absolute atomic E-state index is 0.0373. The van der Waals surface area contributed by atoms with Crippen molar-refractivity contribution in [3.63, 3.8) is 0 Å². The third-order valence-corrected chi connectivity index (χ3v) is 6.95. The molecule has 33 heavy (non-hydrogen) atoms. The summed E-state index contributed by atoms with van der Waals surface area (Å²) in [5.41, 5.74) is 0. The van der Waals surface area contributed by atoms with Gasteiger partial charge in [-0.05, 0) is 32.1 Å². The summed E-state index contributed by atoms with van der Waals surface area (Å²) in [6, 6.07) is 0. The number of hydrogen-bond donors (Lipinski definition) is 3. The molecule has 0 bridgehead atoms. The SMILES string of the molecule is CCCCCCCCC/C=C/CCCCC(=O)C1=NCC[N+]1(CCO)CC(O)CS(=O)(=O)O. The van der Waals surface area contributed by atoms with Gasteiger partial charge in [-0.2, -0.15) is 8.42 Å². The first kappa shape index (κ1) is 29.9. The molecule has 0 spiro atoms. The first-order valence-corrected chi connectivity index (χ1v) is 14.2. The van der Waals surface area contributed by atoms with Gasteiger partial charge in [0.05, 0.1) is 13.2 Å². The van der Waals surface area contributed by atoms with Crippen LogP contribution in [-0.4, -0.2) is 83.9 Å². The summed E-state index contributed by atoms with van der Waals surface area (Å²) < 4.78 is 31.1. The molecular formula is C24H45N2O6S+. The Kier molecular flexibility index (Phi) is 14.9. The van der Waals surface area contributed by atoms with E-state index in [0.29, 0.717) is 25.3 Å². The molecular weight excluding hydrogens is 444 g/mol. The number of aliphatic imine (C=N–C) groups is 1. The molecule has 2 unspecified atom stereocenters. The lowest BCUT2D eigenvalue weighted by Gasteiger charge is -2.34. The van der Waals surface area contributed by atoms with Crippen molar-refractivity contribution in [1.82, 2.24) is 0 Å². The van der Waals surface area contributed by atoms with Crippen LogP contribution in [0, 0.1) is 0 Å². The molecule has 0 aliphatic carbocycles. The minimum atomic E-state index is -4.33. The topological polar surface area (TPSA) is 124 Å². The number of unbranched alkanes of at least 4 members (excludes halogenated alkanes) is 9. The normalized spacial score (nSPS) is 19.8. The molecule has 0 fully saturated rings. The highest BCUT2D eigenvalue weighted by Gasteiger charge is 2.43. The Morgan fingerprint density at radius 1 is 1.06 bits per heavy atom. The Bertz CT molecular complexity index is 722. The number of ketones is 1. The lowest BCUT2D eigenvalue weighted by atomic mass is 10.1. The second-order valence-corrected chi connectivity index (χ2v) is 10.7. The highest BCUT2D eigenvalue weighted by Crippen LogP contribution is 2.20. The van der Waals surface area contributed by atoms with E-state index in [4.69, 9.17) is 4.55 Å². The van der Waals surface area contributed by atoms with Crippen LogP contribution in [0.1, 0.15) is 84.0 Å². The Morgan fingerprint density at radius 2 is 1.67 bits per heavy atom. The van der Waals surface area contributed by atoms with Crippen LogP contribution in [0.3, 0.4) is 0 Å².